The second-order valence-corrected chi connectivity index (χ2v) is 13.5. The molecule has 1 aliphatic carbocycles. The summed E-state index contributed by atoms with van der Waals surface area (Å²) in [5, 5.41) is 10.3. The van der Waals surface area contributed by atoms with Crippen LogP contribution in [-0.4, -0.2) is 42.2 Å². The van der Waals surface area contributed by atoms with Gasteiger partial charge in [0.25, 0.3) is 0 Å². The zero-order valence-electron chi connectivity index (χ0n) is 27.7. The Kier molecular flexibility index (Phi) is 12.4. The van der Waals surface area contributed by atoms with E-state index in [0.717, 1.165) is 47.4 Å². The van der Waals surface area contributed by atoms with Crippen LogP contribution in [0.5, 0.6) is 0 Å². The third kappa shape index (κ3) is 9.05. The second-order valence-electron chi connectivity index (χ2n) is 12.5. The number of carboxylic acids is 1. The molecule has 0 aliphatic heterocycles. The Balaban J connectivity index is 1.51. The average molecular weight is 628 g/mol. The van der Waals surface area contributed by atoms with Crippen LogP contribution in [0.1, 0.15) is 92.6 Å². The molecule has 0 fully saturated rings. The summed E-state index contributed by atoms with van der Waals surface area (Å²) >= 11 is 1.33. The highest BCUT2D eigenvalue weighted by Gasteiger charge is 2.28. The van der Waals surface area contributed by atoms with Crippen molar-refractivity contribution in [3.63, 3.8) is 0 Å². The highest BCUT2D eigenvalue weighted by Crippen LogP contribution is 2.39. The third-order valence-corrected chi connectivity index (χ3v) is 9.94. The first-order valence-electron chi connectivity index (χ1n) is 16.4. The quantitative estimate of drug-likeness (QED) is 0.170. The number of hydrogen-bond acceptors (Lipinski definition) is 5. The van der Waals surface area contributed by atoms with Crippen LogP contribution < -0.4 is 4.90 Å². The highest BCUT2D eigenvalue weighted by molar-refractivity contribution is 7.18. The van der Waals surface area contributed by atoms with Gasteiger partial charge in [-0.3, -0.25) is 4.79 Å². The lowest BCUT2D eigenvalue weighted by Crippen LogP contribution is -2.38. The van der Waals surface area contributed by atoms with Gasteiger partial charge in [0.1, 0.15) is 4.88 Å². The molecular formula is C39H49NO4S. The van der Waals surface area contributed by atoms with Crippen LogP contribution in [0.3, 0.4) is 0 Å². The molecule has 3 atom stereocenters. The molecule has 4 rings (SSSR count). The molecule has 240 valence electrons. The van der Waals surface area contributed by atoms with Gasteiger partial charge in [-0.15, -0.1) is 11.3 Å². The number of ether oxygens (including phenoxy) is 1. The number of thiophene rings is 1. The molecule has 0 amide bonds. The molecule has 5 nitrogen and oxygen atoms in total. The zero-order valence-corrected chi connectivity index (χ0v) is 28.5. The number of aryl methyl sites for hydroxylation is 2. The molecule has 3 aromatic rings. The number of ketones is 1. The molecule has 1 aromatic heterocycles. The predicted octanol–water partition coefficient (Wildman–Crippen LogP) is 9.65. The number of rotatable bonds is 15. The monoisotopic (exact) mass is 627 g/mol. The smallest absolute Gasteiger partial charge is 0.348 e. The Bertz CT molecular complexity index is 1480. The molecule has 1 aliphatic rings. The van der Waals surface area contributed by atoms with E-state index in [1.165, 1.54) is 28.0 Å². The third-order valence-electron chi connectivity index (χ3n) is 8.78. The van der Waals surface area contributed by atoms with Crippen molar-refractivity contribution in [1.82, 2.24) is 0 Å². The highest BCUT2D eigenvalue weighted by atomic mass is 32.1. The van der Waals surface area contributed by atoms with E-state index < -0.39 is 5.97 Å². The first kappa shape index (κ1) is 34.4. The molecule has 0 bridgehead atoms. The maximum atomic E-state index is 12.9. The SMILES string of the molecule is CCOC(C)C(CN(c1cc(-c2ccc(CCCC(=O)C3=CCCC=CC3C)cc2)sc1C(=O)O)C(C)C)c1ccc(C)cc1. The van der Waals surface area contributed by atoms with Gasteiger partial charge < -0.3 is 14.7 Å². The summed E-state index contributed by atoms with van der Waals surface area (Å²) in [5.41, 5.74) is 6.28. The lowest BCUT2D eigenvalue weighted by Gasteiger charge is -2.35. The normalized spacial score (nSPS) is 16.2. The summed E-state index contributed by atoms with van der Waals surface area (Å²) in [5.74, 6) is -0.388. The van der Waals surface area contributed by atoms with Crippen molar-refractivity contribution in [3.8, 4) is 10.4 Å². The van der Waals surface area contributed by atoms with Gasteiger partial charge in [0.15, 0.2) is 5.78 Å². The summed E-state index contributed by atoms with van der Waals surface area (Å²) in [4.78, 5) is 28.9. The Labute approximate surface area is 273 Å². The fourth-order valence-electron chi connectivity index (χ4n) is 6.13. The number of allylic oxidation sites excluding steroid dienone is 4. The number of aromatic carboxylic acids is 1. The van der Waals surface area contributed by atoms with Crippen molar-refractivity contribution >= 4 is 28.8 Å². The standard InChI is InChI=1S/C39H49NO4S/c1-7-44-29(6)34(31-20-16-27(4)17-21-31)25-40(26(2)3)35-24-37(45-38(35)39(42)43)32-22-18-30(19-23-32)13-11-15-36(41)33-14-10-8-9-12-28(33)5/h9,12,14,16-24,26,28-29,34H,7-8,10-11,13,15,25H2,1-6H3,(H,42,43). The molecule has 1 N–H and O–H groups in total. The Morgan fingerprint density at radius 1 is 1.04 bits per heavy atom. The van der Waals surface area contributed by atoms with E-state index in [4.69, 9.17) is 4.74 Å². The lowest BCUT2D eigenvalue weighted by atomic mass is 9.92. The van der Waals surface area contributed by atoms with E-state index in [2.05, 4.69) is 106 Å². The summed E-state index contributed by atoms with van der Waals surface area (Å²) in [6.45, 7) is 13.8. The molecule has 0 radical (unpaired) electrons. The molecule has 2 aromatic carbocycles. The zero-order chi connectivity index (χ0) is 32.5. The van der Waals surface area contributed by atoms with Gasteiger partial charge in [0, 0.05) is 42.3 Å². The molecule has 0 spiro atoms. The van der Waals surface area contributed by atoms with Gasteiger partial charge in [-0.2, -0.15) is 0 Å². The number of carboxylic acid groups (broad SMARTS) is 1. The lowest BCUT2D eigenvalue weighted by molar-refractivity contribution is -0.116. The average Bonchev–Trinajstić information content (AvgIpc) is 3.34. The van der Waals surface area contributed by atoms with Gasteiger partial charge in [-0.25, -0.2) is 4.79 Å². The van der Waals surface area contributed by atoms with Gasteiger partial charge in [0.2, 0.25) is 0 Å². The van der Waals surface area contributed by atoms with Gasteiger partial charge in [-0.1, -0.05) is 79.2 Å². The number of carbonyl (C=O) groups is 2. The summed E-state index contributed by atoms with van der Waals surface area (Å²) in [6, 6.07) is 19.1. The molecule has 45 heavy (non-hydrogen) atoms. The second kappa shape index (κ2) is 16.2. The van der Waals surface area contributed by atoms with Crippen molar-refractivity contribution < 1.29 is 19.4 Å². The molecule has 3 unspecified atom stereocenters. The number of Topliss-reactive ketones (excluding diaryl/α,β-unsaturated/α-hetero) is 1. The number of benzene rings is 2. The van der Waals surface area contributed by atoms with E-state index in [9.17, 15) is 14.7 Å². The minimum absolute atomic E-state index is 0.0303. The van der Waals surface area contributed by atoms with Crippen LogP contribution in [-0.2, 0) is 16.0 Å². The van der Waals surface area contributed by atoms with Crippen molar-refractivity contribution in [3.05, 3.63) is 100.0 Å². The first-order chi connectivity index (χ1) is 21.6. The minimum Gasteiger partial charge on any atom is -0.477 e. The summed E-state index contributed by atoms with van der Waals surface area (Å²) in [7, 11) is 0. The van der Waals surface area contributed by atoms with Crippen LogP contribution in [0.2, 0.25) is 0 Å². The molecule has 0 saturated carbocycles. The summed E-state index contributed by atoms with van der Waals surface area (Å²) in [6.07, 6.45) is 10.5. The van der Waals surface area contributed by atoms with Gasteiger partial charge in [0.05, 0.1) is 11.8 Å². The van der Waals surface area contributed by atoms with E-state index >= 15 is 0 Å². The van der Waals surface area contributed by atoms with E-state index in [1.54, 1.807) is 0 Å². The number of hydrogen-bond donors (Lipinski definition) is 1. The number of carbonyl (C=O) groups excluding carboxylic acids is 1. The van der Waals surface area contributed by atoms with Crippen molar-refractivity contribution in [2.45, 2.75) is 91.7 Å². The fraction of sp³-hybridized carbons (Fsp3) is 0.436. The molecule has 0 saturated heterocycles. The number of nitrogens with zero attached hydrogens (tertiary/aromatic N) is 1. The molecule has 6 heteroatoms. The Morgan fingerprint density at radius 2 is 1.76 bits per heavy atom. The fourth-order valence-corrected chi connectivity index (χ4v) is 7.15. The topological polar surface area (TPSA) is 66.8 Å². The first-order valence-corrected chi connectivity index (χ1v) is 17.2. The maximum absolute atomic E-state index is 12.9. The van der Waals surface area contributed by atoms with Crippen molar-refractivity contribution in [2.75, 3.05) is 18.1 Å². The van der Waals surface area contributed by atoms with Crippen LogP contribution in [0.4, 0.5) is 5.69 Å². The minimum atomic E-state index is -0.911. The van der Waals surface area contributed by atoms with E-state index in [0.29, 0.717) is 24.4 Å². The van der Waals surface area contributed by atoms with Gasteiger partial charge in [-0.05, 0) is 88.6 Å². The van der Waals surface area contributed by atoms with Crippen LogP contribution >= 0.6 is 11.3 Å². The van der Waals surface area contributed by atoms with Crippen molar-refractivity contribution in [2.24, 2.45) is 5.92 Å². The Morgan fingerprint density at radius 3 is 2.40 bits per heavy atom. The summed E-state index contributed by atoms with van der Waals surface area (Å²) < 4.78 is 6.09. The van der Waals surface area contributed by atoms with Crippen molar-refractivity contribution in [1.29, 1.82) is 0 Å². The van der Waals surface area contributed by atoms with E-state index in [1.807, 2.05) is 13.0 Å². The van der Waals surface area contributed by atoms with E-state index in [-0.39, 0.29) is 29.8 Å². The van der Waals surface area contributed by atoms with Crippen LogP contribution in [0.25, 0.3) is 10.4 Å². The van der Waals surface area contributed by atoms with Crippen LogP contribution in [0, 0.1) is 12.8 Å². The maximum Gasteiger partial charge on any atom is 0.348 e. The molecule has 1 heterocycles. The number of anilines is 1. The molecular weight excluding hydrogens is 578 g/mol. The van der Waals surface area contributed by atoms with Gasteiger partial charge >= 0.3 is 5.97 Å². The Hall–Kier alpha value is -3.48. The predicted molar refractivity (Wildman–Crippen MR) is 188 cm³/mol. The largest absolute Gasteiger partial charge is 0.477 e. The van der Waals surface area contributed by atoms with Crippen LogP contribution in [0.15, 0.2) is 78.4 Å².